The zero-order valence-corrected chi connectivity index (χ0v) is 15.8. The molecular formula is C20H27ClN4. The van der Waals surface area contributed by atoms with Crippen LogP contribution in [0.5, 0.6) is 0 Å². The maximum absolute atomic E-state index is 6.04. The number of nitrogens with one attached hydrogen (secondary N) is 2. The molecule has 3 rings (SSSR count). The third-order valence-electron chi connectivity index (χ3n) is 4.75. The van der Waals surface area contributed by atoms with Crippen LogP contribution >= 0.6 is 11.6 Å². The molecule has 1 fully saturated rings. The molecule has 0 aliphatic heterocycles. The Labute approximate surface area is 155 Å². The van der Waals surface area contributed by atoms with Crippen LogP contribution in [0.4, 0.5) is 11.6 Å². The zero-order valence-electron chi connectivity index (χ0n) is 15.1. The molecular weight excluding hydrogens is 332 g/mol. The molecule has 0 unspecified atom stereocenters. The third-order valence-corrected chi connectivity index (χ3v) is 4.98. The van der Waals surface area contributed by atoms with Crippen LogP contribution in [0.1, 0.15) is 56.7 Å². The minimum Gasteiger partial charge on any atom is -0.324 e. The molecule has 1 aromatic carbocycles. The van der Waals surface area contributed by atoms with Crippen molar-refractivity contribution in [3.05, 3.63) is 46.7 Å². The van der Waals surface area contributed by atoms with Gasteiger partial charge in [0.05, 0.1) is 5.69 Å². The van der Waals surface area contributed by atoms with Crippen LogP contribution in [0, 0.1) is 5.92 Å². The highest BCUT2D eigenvalue weighted by atomic mass is 35.5. The number of aromatic nitrogens is 2. The first-order valence-electron chi connectivity index (χ1n) is 9.21. The third kappa shape index (κ3) is 5.16. The van der Waals surface area contributed by atoms with E-state index in [1.807, 2.05) is 30.5 Å². The van der Waals surface area contributed by atoms with Crippen LogP contribution < -0.4 is 10.6 Å². The van der Waals surface area contributed by atoms with Gasteiger partial charge in [-0.05, 0) is 49.4 Å². The molecule has 1 aromatic heterocycles. The second-order valence-electron chi connectivity index (χ2n) is 7.18. The lowest BCUT2D eigenvalue weighted by molar-refractivity contribution is 0.487. The molecule has 2 N–H and O–H groups in total. The van der Waals surface area contributed by atoms with Crippen LogP contribution in [-0.2, 0) is 6.54 Å². The van der Waals surface area contributed by atoms with Gasteiger partial charge in [-0.2, -0.15) is 0 Å². The molecule has 134 valence electrons. The van der Waals surface area contributed by atoms with Crippen molar-refractivity contribution in [3.8, 4) is 0 Å². The van der Waals surface area contributed by atoms with Crippen molar-refractivity contribution in [1.82, 2.24) is 15.3 Å². The molecule has 1 aliphatic carbocycles. The van der Waals surface area contributed by atoms with E-state index in [0.717, 1.165) is 30.4 Å². The van der Waals surface area contributed by atoms with Gasteiger partial charge in [0.15, 0.2) is 0 Å². The number of nitrogens with zero attached hydrogens (tertiary/aromatic N) is 2. The fourth-order valence-corrected chi connectivity index (χ4v) is 3.63. The number of benzene rings is 1. The summed E-state index contributed by atoms with van der Waals surface area (Å²) in [4.78, 5) is 9.23. The van der Waals surface area contributed by atoms with Crippen molar-refractivity contribution in [2.24, 2.45) is 5.92 Å². The van der Waals surface area contributed by atoms with E-state index in [1.54, 1.807) is 0 Å². The summed E-state index contributed by atoms with van der Waals surface area (Å²) in [6.07, 6.45) is 7.44. The molecule has 0 spiro atoms. The van der Waals surface area contributed by atoms with E-state index < -0.39 is 0 Å². The van der Waals surface area contributed by atoms with Gasteiger partial charge in [0, 0.05) is 29.0 Å². The Morgan fingerprint density at radius 1 is 1.24 bits per heavy atom. The molecule has 0 radical (unpaired) electrons. The molecule has 0 bridgehead atoms. The van der Waals surface area contributed by atoms with Crippen LogP contribution in [-0.4, -0.2) is 16.5 Å². The Hall–Kier alpha value is -1.65. The lowest BCUT2D eigenvalue weighted by Crippen LogP contribution is -2.22. The first-order valence-corrected chi connectivity index (χ1v) is 9.58. The minimum absolute atomic E-state index is 0.353. The number of hydrogen-bond donors (Lipinski definition) is 2. The molecule has 2 aromatic rings. The maximum atomic E-state index is 6.04. The van der Waals surface area contributed by atoms with Gasteiger partial charge in [-0.3, -0.25) is 0 Å². The van der Waals surface area contributed by atoms with E-state index in [2.05, 4.69) is 29.5 Å². The van der Waals surface area contributed by atoms with Crippen LogP contribution in [0.3, 0.4) is 0 Å². The van der Waals surface area contributed by atoms with E-state index >= 15 is 0 Å². The predicted octanol–water partition coefficient (Wildman–Crippen LogP) is 5.28. The van der Waals surface area contributed by atoms with Crippen molar-refractivity contribution in [3.63, 3.8) is 0 Å². The van der Waals surface area contributed by atoms with Crippen molar-refractivity contribution in [2.75, 3.05) is 11.9 Å². The van der Waals surface area contributed by atoms with E-state index in [4.69, 9.17) is 16.6 Å². The second kappa shape index (κ2) is 8.63. The Morgan fingerprint density at radius 3 is 2.76 bits per heavy atom. The van der Waals surface area contributed by atoms with E-state index in [-0.39, 0.29) is 0 Å². The number of halogens is 1. The average molecular weight is 359 g/mol. The molecule has 0 atom stereocenters. The Bertz CT molecular complexity index is 696. The summed E-state index contributed by atoms with van der Waals surface area (Å²) in [5, 5.41) is 7.53. The lowest BCUT2D eigenvalue weighted by atomic mass is 10.0. The Morgan fingerprint density at radius 2 is 2.04 bits per heavy atom. The van der Waals surface area contributed by atoms with E-state index in [9.17, 15) is 0 Å². The van der Waals surface area contributed by atoms with Gasteiger partial charge < -0.3 is 10.6 Å². The molecule has 1 heterocycles. The van der Waals surface area contributed by atoms with Crippen molar-refractivity contribution < 1.29 is 0 Å². The Balaban J connectivity index is 1.66. The zero-order chi connectivity index (χ0) is 17.6. The molecule has 0 amide bonds. The molecule has 4 nitrogen and oxygen atoms in total. The highest BCUT2D eigenvalue weighted by Gasteiger charge is 2.15. The van der Waals surface area contributed by atoms with Crippen molar-refractivity contribution >= 4 is 23.2 Å². The van der Waals surface area contributed by atoms with E-state index in [0.29, 0.717) is 16.9 Å². The summed E-state index contributed by atoms with van der Waals surface area (Å²) in [6.45, 7) is 6.28. The van der Waals surface area contributed by atoms with Crippen molar-refractivity contribution in [2.45, 2.75) is 52.0 Å². The first-order chi connectivity index (χ1) is 12.1. The Kier molecular flexibility index (Phi) is 6.27. The largest absolute Gasteiger partial charge is 0.324 e. The lowest BCUT2D eigenvalue weighted by Gasteiger charge is -2.16. The second-order valence-corrected chi connectivity index (χ2v) is 7.61. The van der Waals surface area contributed by atoms with Gasteiger partial charge in [0.2, 0.25) is 5.95 Å². The predicted molar refractivity (Wildman–Crippen MR) is 105 cm³/mol. The summed E-state index contributed by atoms with van der Waals surface area (Å²) in [6, 6.07) is 7.60. The van der Waals surface area contributed by atoms with Gasteiger partial charge in [-0.25, -0.2) is 9.97 Å². The van der Waals surface area contributed by atoms with Gasteiger partial charge >= 0.3 is 0 Å². The standard InChI is InChI=1S/C20H27ClN4/c1-14(2)19-16(12-22-11-15-6-3-4-7-15)13-23-20(25-19)24-18-9-5-8-17(21)10-18/h5,8-10,13-15,22H,3-4,6-7,11-12H2,1-2H3,(H,23,24,25). The summed E-state index contributed by atoms with van der Waals surface area (Å²) in [7, 11) is 0. The summed E-state index contributed by atoms with van der Waals surface area (Å²) in [5.41, 5.74) is 3.18. The number of rotatable bonds is 7. The van der Waals surface area contributed by atoms with Gasteiger partial charge in [-0.1, -0.05) is 44.4 Å². The highest BCUT2D eigenvalue weighted by molar-refractivity contribution is 6.30. The molecule has 25 heavy (non-hydrogen) atoms. The van der Waals surface area contributed by atoms with Crippen LogP contribution in [0.2, 0.25) is 5.02 Å². The monoisotopic (exact) mass is 358 g/mol. The molecule has 1 aliphatic rings. The number of hydrogen-bond acceptors (Lipinski definition) is 4. The van der Waals surface area contributed by atoms with Crippen LogP contribution in [0.15, 0.2) is 30.5 Å². The quantitative estimate of drug-likeness (QED) is 0.707. The first kappa shape index (κ1) is 18.2. The highest BCUT2D eigenvalue weighted by Crippen LogP contribution is 2.25. The smallest absolute Gasteiger partial charge is 0.227 e. The summed E-state index contributed by atoms with van der Waals surface area (Å²) in [5.74, 6) is 1.81. The molecule has 0 saturated heterocycles. The topological polar surface area (TPSA) is 49.8 Å². The normalized spacial score (nSPS) is 15.0. The molecule has 5 heteroatoms. The van der Waals surface area contributed by atoms with E-state index in [1.165, 1.54) is 31.2 Å². The average Bonchev–Trinajstić information content (AvgIpc) is 3.09. The summed E-state index contributed by atoms with van der Waals surface area (Å²) < 4.78 is 0. The minimum atomic E-state index is 0.353. The van der Waals surface area contributed by atoms with Gasteiger partial charge in [0.25, 0.3) is 0 Å². The van der Waals surface area contributed by atoms with Gasteiger partial charge in [-0.15, -0.1) is 0 Å². The number of anilines is 2. The fourth-order valence-electron chi connectivity index (χ4n) is 3.44. The van der Waals surface area contributed by atoms with Crippen LogP contribution in [0.25, 0.3) is 0 Å². The van der Waals surface area contributed by atoms with Gasteiger partial charge in [0.1, 0.15) is 0 Å². The molecule has 1 saturated carbocycles. The SMILES string of the molecule is CC(C)c1nc(Nc2cccc(Cl)c2)ncc1CNCC1CCCC1. The maximum Gasteiger partial charge on any atom is 0.227 e. The fraction of sp³-hybridized carbons (Fsp3) is 0.500. The van der Waals surface area contributed by atoms with Crippen molar-refractivity contribution in [1.29, 1.82) is 0 Å². The summed E-state index contributed by atoms with van der Waals surface area (Å²) >= 11 is 6.04.